The molecule has 4 rings (SSSR count). The highest BCUT2D eigenvalue weighted by Gasteiger charge is 2.07. The minimum atomic E-state index is -0.204. The van der Waals surface area contributed by atoms with Gasteiger partial charge in [0.15, 0.2) is 0 Å². The van der Waals surface area contributed by atoms with E-state index in [1.807, 2.05) is 24.3 Å². The van der Waals surface area contributed by atoms with Crippen LogP contribution in [0, 0.1) is 0 Å². The molecule has 2 amide bonds. The average molecular weight is 517 g/mol. The number of anilines is 2. The topological polar surface area (TPSA) is 82.9 Å². The first kappa shape index (κ1) is 25.1. The third kappa shape index (κ3) is 6.78. The Labute approximate surface area is 219 Å². The van der Waals surface area contributed by atoms with E-state index in [0.717, 1.165) is 11.1 Å². The van der Waals surface area contributed by atoms with Gasteiger partial charge in [0.25, 0.3) is 11.8 Å². The molecule has 36 heavy (non-hydrogen) atoms. The first-order valence-corrected chi connectivity index (χ1v) is 12.2. The van der Waals surface area contributed by atoms with Gasteiger partial charge in [0, 0.05) is 34.3 Å². The Kier molecular flexibility index (Phi) is 8.44. The van der Waals surface area contributed by atoms with Crippen molar-refractivity contribution in [2.24, 2.45) is 10.2 Å². The predicted octanol–water partition coefficient (Wildman–Crippen LogP) is 8.08. The number of hydrogen-bond donors (Lipinski definition) is 2. The quantitative estimate of drug-likeness (QED) is 0.183. The van der Waals surface area contributed by atoms with E-state index in [1.165, 1.54) is 0 Å². The molecule has 0 bridgehead atoms. The maximum atomic E-state index is 12.4. The van der Waals surface area contributed by atoms with E-state index in [2.05, 4.69) is 20.9 Å². The molecule has 0 aliphatic rings. The Hall–Kier alpha value is -4.00. The molecule has 0 heterocycles. The van der Waals surface area contributed by atoms with E-state index >= 15 is 0 Å². The number of carbonyl (C=O) groups is 2. The molecule has 4 aromatic carbocycles. The summed E-state index contributed by atoms with van der Waals surface area (Å²) in [5, 5.41) is 14.2. The van der Waals surface area contributed by atoms with Crippen LogP contribution in [-0.2, 0) is 11.8 Å². The molecule has 4 aromatic rings. The fourth-order valence-electron chi connectivity index (χ4n) is 3.24. The van der Waals surface area contributed by atoms with Gasteiger partial charge in [-0.1, -0.05) is 24.3 Å². The van der Waals surface area contributed by atoms with Crippen molar-refractivity contribution < 1.29 is 9.59 Å². The van der Waals surface area contributed by atoms with Gasteiger partial charge in [0.1, 0.15) is 0 Å². The van der Waals surface area contributed by atoms with Crippen LogP contribution in [0.5, 0.6) is 0 Å². The zero-order valence-corrected chi connectivity index (χ0v) is 20.6. The van der Waals surface area contributed by atoms with Crippen LogP contribution in [0.4, 0.5) is 22.7 Å². The number of nitrogens with zero attached hydrogens (tertiary/aromatic N) is 2. The third-order valence-electron chi connectivity index (χ3n) is 5.27. The van der Waals surface area contributed by atoms with Crippen molar-refractivity contribution in [2.45, 2.75) is 11.8 Å². The summed E-state index contributed by atoms with van der Waals surface area (Å²) in [6.07, 6.45) is 0. The lowest BCUT2D eigenvalue weighted by atomic mass is 10.1. The summed E-state index contributed by atoms with van der Waals surface area (Å²) >= 11 is 11.6. The third-order valence-corrected chi connectivity index (χ3v) is 5.89. The summed E-state index contributed by atoms with van der Waals surface area (Å²) < 4.78 is 0. The zero-order chi connectivity index (χ0) is 25.3. The van der Waals surface area contributed by atoms with Crippen LogP contribution in [0.25, 0.3) is 0 Å². The summed E-state index contributed by atoms with van der Waals surface area (Å²) in [6.45, 7) is 0. The minimum Gasteiger partial charge on any atom is -0.322 e. The average Bonchev–Trinajstić information content (AvgIpc) is 2.93. The van der Waals surface area contributed by atoms with Crippen LogP contribution in [-0.4, -0.2) is 11.8 Å². The molecule has 0 saturated carbocycles. The first-order chi connectivity index (χ1) is 17.5. The summed E-state index contributed by atoms with van der Waals surface area (Å²) in [5.41, 5.74) is 5.59. The Bertz CT molecular complexity index is 1250. The molecule has 0 aliphatic carbocycles. The van der Waals surface area contributed by atoms with E-state index < -0.39 is 0 Å². The van der Waals surface area contributed by atoms with Gasteiger partial charge >= 0.3 is 0 Å². The molecule has 0 aliphatic heterocycles. The summed E-state index contributed by atoms with van der Waals surface area (Å²) in [5.74, 6) is 0.405. The van der Waals surface area contributed by atoms with Crippen molar-refractivity contribution in [3.05, 3.63) is 119 Å². The van der Waals surface area contributed by atoms with Gasteiger partial charge in [0.05, 0.1) is 11.4 Å². The van der Waals surface area contributed by atoms with Crippen LogP contribution in [0.3, 0.4) is 0 Å². The predicted molar refractivity (Wildman–Crippen MR) is 145 cm³/mol. The van der Waals surface area contributed by atoms with Crippen LogP contribution >= 0.6 is 23.2 Å². The highest BCUT2D eigenvalue weighted by atomic mass is 35.5. The minimum absolute atomic E-state index is 0.204. The molecule has 8 heteroatoms. The molecule has 6 nitrogen and oxygen atoms in total. The Morgan fingerprint density at radius 2 is 0.861 bits per heavy atom. The largest absolute Gasteiger partial charge is 0.322 e. The second-order valence-electron chi connectivity index (χ2n) is 7.86. The maximum Gasteiger partial charge on any atom is 0.255 e. The number of alkyl halides is 2. The highest BCUT2D eigenvalue weighted by molar-refractivity contribution is 6.17. The first-order valence-electron chi connectivity index (χ1n) is 11.1. The SMILES string of the molecule is O=C(Nc1ccc(N=Nc2ccc(NC(=O)c3ccc(CCl)cc3)cc2)cc1)c1ccc(CCl)cc1. The lowest BCUT2D eigenvalue weighted by Gasteiger charge is -2.06. The van der Waals surface area contributed by atoms with Crippen molar-refractivity contribution in [1.29, 1.82) is 0 Å². The molecular weight excluding hydrogens is 495 g/mol. The van der Waals surface area contributed by atoms with Gasteiger partial charge in [-0.2, -0.15) is 10.2 Å². The van der Waals surface area contributed by atoms with E-state index in [0.29, 0.717) is 45.6 Å². The molecule has 0 spiro atoms. The number of azo groups is 1. The number of hydrogen-bond acceptors (Lipinski definition) is 4. The summed E-state index contributed by atoms with van der Waals surface area (Å²) in [4.78, 5) is 24.8. The second kappa shape index (κ2) is 12.1. The monoisotopic (exact) mass is 516 g/mol. The van der Waals surface area contributed by atoms with E-state index in [9.17, 15) is 9.59 Å². The highest BCUT2D eigenvalue weighted by Crippen LogP contribution is 2.22. The lowest BCUT2D eigenvalue weighted by Crippen LogP contribution is -2.11. The van der Waals surface area contributed by atoms with Crippen molar-refractivity contribution in [3.8, 4) is 0 Å². The number of nitrogens with one attached hydrogen (secondary N) is 2. The molecule has 0 fully saturated rings. The summed E-state index contributed by atoms with van der Waals surface area (Å²) in [6, 6.07) is 28.4. The van der Waals surface area contributed by atoms with Crippen molar-refractivity contribution in [1.82, 2.24) is 0 Å². The lowest BCUT2D eigenvalue weighted by molar-refractivity contribution is 0.101. The number of rotatable bonds is 8. The Balaban J connectivity index is 1.31. The normalized spacial score (nSPS) is 10.8. The maximum absolute atomic E-state index is 12.4. The van der Waals surface area contributed by atoms with E-state index in [4.69, 9.17) is 23.2 Å². The molecular formula is C28H22Cl2N4O2. The molecule has 180 valence electrons. The van der Waals surface area contributed by atoms with E-state index in [-0.39, 0.29) is 11.8 Å². The van der Waals surface area contributed by atoms with Crippen LogP contribution in [0.1, 0.15) is 31.8 Å². The number of carbonyl (C=O) groups excluding carboxylic acids is 2. The van der Waals surface area contributed by atoms with Crippen LogP contribution in [0.2, 0.25) is 0 Å². The molecule has 0 atom stereocenters. The van der Waals surface area contributed by atoms with Crippen molar-refractivity contribution >= 4 is 57.8 Å². The Morgan fingerprint density at radius 1 is 0.528 bits per heavy atom. The van der Waals surface area contributed by atoms with Gasteiger partial charge in [-0.25, -0.2) is 0 Å². The second-order valence-corrected chi connectivity index (χ2v) is 8.40. The molecule has 0 unspecified atom stereocenters. The fraction of sp³-hybridized carbons (Fsp3) is 0.0714. The van der Waals surface area contributed by atoms with Gasteiger partial charge < -0.3 is 10.6 Å². The van der Waals surface area contributed by atoms with Crippen LogP contribution in [0.15, 0.2) is 107 Å². The smallest absolute Gasteiger partial charge is 0.255 e. The summed E-state index contributed by atoms with van der Waals surface area (Å²) in [7, 11) is 0. The Morgan fingerprint density at radius 3 is 1.17 bits per heavy atom. The van der Waals surface area contributed by atoms with Crippen molar-refractivity contribution in [2.75, 3.05) is 10.6 Å². The number of benzene rings is 4. The standard InChI is InChI=1S/C28H22Cl2N4O2/c29-17-19-1-5-21(6-2-19)27(35)31-23-9-13-25(14-10-23)33-34-26-15-11-24(12-16-26)32-28(36)22-7-3-20(18-30)4-8-22/h1-16H,17-18H2,(H,31,35)(H,32,36). The van der Waals surface area contributed by atoms with Gasteiger partial charge in [-0.05, 0) is 83.9 Å². The van der Waals surface area contributed by atoms with Gasteiger partial charge in [-0.15, -0.1) is 23.2 Å². The molecule has 2 N–H and O–H groups in total. The van der Waals surface area contributed by atoms with E-state index in [1.54, 1.807) is 72.8 Å². The molecule has 0 aromatic heterocycles. The number of amides is 2. The number of halogens is 2. The van der Waals surface area contributed by atoms with Crippen LogP contribution < -0.4 is 10.6 Å². The van der Waals surface area contributed by atoms with Gasteiger partial charge in [-0.3, -0.25) is 9.59 Å². The van der Waals surface area contributed by atoms with Gasteiger partial charge in [0.2, 0.25) is 0 Å². The fourth-order valence-corrected chi connectivity index (χ4v) is 3.59. The molecule has 0 saturated heterocycles. The molecule has 0 radical (unpaired) electrons. The van der Waals surface area contributed by atoms with Crippen molar-refractivity contribution in [3.63, 3.8) is 0 Å². The zero-order valence-electron chi connectivity index (χ0n) is 19.1.